The summed E-state index contributed by atoms with van der Waals surface area (Å²) in [6.07, 6.45) is 1.72. The van der Waals surface area contributed by atoms with Crippen LogP contribution in [0.1, 0.15) is 11.1 Å². The van der Waals surface area contributed by atoms with Crippen molar-refractivity contribution >= 4 is 18.1 Å². The molecule has 7 nitrogen and oxygen atoms in total. The van der Waals surface area contributed by atoms with Gasteiger partial charge in [-0.25, -0.2) is 0 Å². The quantitative estimate of drug-likeness (QED) is 0.530. The molecule has 0 unspecified atom stereocenters. The van der Waals surface area contributed by atoms with E-state index in [4.69, 9.17) is 16.3 Å². The Morgan fingerprint density at radius 3 is 2.39 bits per heavy atom. The van der Waals surface area contributed by atoms with Crippen LogP contribution in [0.4, 0.5) is 0 Å². The summed E-state index contributed by atoms with van der Waals surface area (Å²) >= 11 is 5.89. The van der Waals surface area contributed by atoms with E-state index in [9.17, 15) is 14.7 Å². The predicted molar refractivity (Wildman–Crippen MR) is 107 cm³/mol. The molecular weight excluding hydrogens is 382 g/mol. The molecule has 1 fully saturated rings. The average Bonchev–Trinajstić information content (AvgIpc) is 2.71. The fourth-order valence-electron chi connectivity index (χ4n) is 3.28. The Kier molecular flexibility index (Phi) is 7.08. The molecule has 0 amide bonds. The van der Waals surface area contributed by atoms with Gasteiger partial charge in [-0.15, -0.1) is 0 Å². The van der Waals surface area contributed by atoms with E-state index < -0.39 is 5.56 Å². The van der Waals surface area contributed by atoms with Crippen molar-refractivity contribution in [3.05, 3.63) is 63.0 Å². The van der Waals surface area contributed by atoms with Crippen molar-refractivity contribution in [3.63, 3.8) is 0 Å². The van der Waals surface area contributed by atoms with Crippen LogP contribution in [0.25, 0.3) is 0 Å². The first kappa shape index (κ1) is 20.4. The fraction of sp³-hybridized carbons (Fsp3) is 0.400. The Hall–Kier alpha value is -2.35. The van der Waals surface area contributed by atoms with Crippen LogP contribution in [-0.4, -0.2) is 65.3 Å². The number of aromatic nitrogens is 1. The molecule has 150 valence electrons. The van der Waals surface area contributed by atoms with Gasteiger partial charge in [0.1, 0.15) is 6.61 Å². The molecule has 0 spiro atoms. The minimum Gasteiger partial charge on any atom is -0.503 e. The Morgan fingerprint density at radius 1 is 1.04 bits per heavy atom. The van der Waals surface area contributed by atoms with Crippen molar-refractivity contribution in [3.8, 4) is 5.75 Å². The van der Waals surface area contributed by atoms with Crippen LogP contribution in [0.3, 0.4) is 0 Å². The first-order valence-electron chi connectivity index (χ1n) is 9.22. The number of hydrogen-bond acceptors (Lipinski definition) is 6. The summed E-state index contributed by atoms with van der Waals surface area (Å²) in [5.41, 5.74) is 1.18. The lowest BCUT2D eigenvalue weighted by molar-refractivity contribution is -0.129. The molecular formula is C20H24ClN3O4. The second-order valence-corrected chi connectivity index (χ2v) is 7.27. The zero-order chi connectivity index (χ0) is 19.9. The van der Waals surface area contributed by atoms with E-state index in [0.29, 0.717) is 36.8 Å². The van der Waals surface area contributed by atoms with Crippen LogP contribution < -0.4 is 5.56 Å². The zero-order valence-corrected chi connectivity index (χ0v) is 16.3. The van der Waals surface area contributed by atoms with Crippen molar-refractivity contribution < 1.29 is 14.6 Å². The third kappa shape index (κ3) is 5.34. The average molecular weight is 406 g/mol. The van der Waals surface area contributed by atoms with Crippen molar-refractivity contribution in [2.45, 2.75) is 13.1 Å². The highest BCUT2D eigenvalue weighted by atomic mass is 35.5. The number of rotatable bonds is 8. The summed E-state index contributed by atoms with van der Waals surface area (Å²) in [5, 5.41) is 11.0. The molecule has 1 aromatic heterocycles. The Morgan fingerprint density at radius 2 is 1.71 bits per heavy atom. The molecule has 0 bridgehead atoms. The molecule has 0 saturated carbocycles. The van der Waals surface area contributed by atoms with Crippen LogP contribution in [-0.2, 0) is 22.6 Å². The van der Waals surface area contributed by atoms with Gasteiger partial charge in [0.2, 0.25) is 0 Å². The number of aromatic hydroxyl groups is 1. The summed E-state index contributed by atoms with van der Waals surface area (Å²) in [6, 6.07) is 9.08. The van der Waals surface area contributed by atoms with Gasteiger partial charge in [-0.2, -0.15) is 0 Å². The third-order valence-electron chi connectivity index (χ3n) is 4.94. The summed E-state index contributed by atoms with van der Waals surface area (Å²) < 4.78 is 6.23. The van der Waals surface area contributed by atoms with Crippen LogP contribution in [0.2, 0.25) is 5.02 Å². The molecule has 0 aliphatic carbocycles. The van der Waals surface area contributed by atoms with E-state index in [-0.39, 0.29) is 5.75 Å². The summed E-state index contributed by atoms with van der Waals surface area (Å²) in [7, 11) is 0. The molecule has 1 saturated heterocycles. The van der Waals surface area contributed by atoms with Gasteiger partial charge < -0.3 is 14.4 Å². The van der Waals surface area contributed by atoms with E-state index >= 15 is 0 Å². The normalized spacial score (nSPS) is 15.5. The smallest absolute Gasteiger partial charge is 0.293 e. The molecule has 2 aromatic rings. The number of carbonyl (C=O) groups excluding carboxylic acids is 1. The van der Waals surface area contributed by atoms with Crippen LogP contribution >= 0.6 is 11.6 Å². The zero-order valence-electron chi connectivity index (χ0n) is 15.6. The van der Waals surface area contributed by atoms with E-state index in [1.54, 1.807) is 24.4 Å². The Labute approximate surface area is 168 Å². The Balaban J connectivity index is 1.58. The van der Waals surface area contributed by atoms with Crippen molar-refractivity contribution in [2.75, 3.05) is 39.3 Å². The number of hydrogen-bond donors (Lipinski definition) is 1. The number of carbonyl (C=O) groups is 1. The first-order valence-corrected chi connectivity index (χ1v) is 9.60. The number of pyridine rings is 1. The molecule has 1 aliphatic heterocycles. The highest BCUT2D eigenvalue weighted by molar-refractivity contribution is 6.30. The van der Waals surface area contributed by atoms with E-state index in [1.807, 2.05) is 12.1 Å². The van der Waals surface area contributed by atoms with Crippen LogP contribution in [0.15, 0.2) is 41.3 Å². The van der Waals surface area contributed by atoms with E-state index in [1.165, 1.54) is 4.57 Å². The third-order valence-corrected chi connectivity index (χ3v) is 5.19. The molecule has 28 heavy (non-hydrogen) atoms. The van der Waals surface area contributed by atoms with Gasteiger partial charge in [-0.1, -0.05) is 23.7 Å². The van der Waals surface area contributed by atoms with Crippen LogP contribution in [0, 0.1) is 0 Å². The molecule has 2 heterocycles. The monoisotopic (exact) mass is 405 g/mol. The predicted octanol–water partition coefficient (Wildman–Crippen LogP) is 1.55. The maximum Gasteiger partial charge on any atom is 0.293 e. The molecule has 1 aliphatic rings. The number of piperazine rings is 1. The second-order valence-electron chi connectivity index (χ2n) is 6.83. The molecule has 1 aromatic carbocycles. The lowest BCUT2D eigenvalue weighted by Gasteiger charge is -2.34. The largest absolute Gasteiger partial charge is 0.503 e. The summed E-state index contributed by atoms with van der Waals surface area (Å²) in [4.78, 5) is 27.1. The topological polar surface area (TPSA) is 75.0 Å². The standard InChI is InChI=1S/C20H24ClN3O4/c21-18-3-1-16(2-4-18)13-24-6-5-17(19(26)20(24)27)14-23-9-7-22(8-10-23)11-12-28-15-25/h1-6,15,26H,7-14H2. The number of benzene rings is 1. The van der Waals surface area contributed by atoms with Gasteiger partial charge in [0.05, 0.1) is 6.54 Å². The highest BCUT2D eigenvalue weighted by Gasteiger charge is 2.19. The SMILES string of the molecule is O=COCCN1CCN(Cc2ccn(Cc3ccc(Cl)cc3)c(=O)c2O)CC1. The molecule has 0 radical (unpaired) electrons. The number of nitrogens with zero attached hydrogens (tertiary/aromatic N) is 3. The van der Waals surface area contributed by atoms with Gasteiger partial charge in [-0.3, -0.25) is 19.4 Å². The summed E-state index contributed by atoms with van der Waals surface area (Å²) in [6.45, 7) is 5.87. The fourth-order valence-corrected chi connectivity index (χ4v) is 3.41. The van der Waals surface area contributed by atoms with Crippen molar-refractivity contribution in [1.82, 2.24) is 14.4 Å². The van der Waals surface area contributed by atoms with Gasteiger partial charge in [0.25, 0.3) is 12.0 Å². The van der Waals surface area contributed by atoms with Gasteiger partial charge in [0.15, 0.2) is 5.75 Å². The second kappa shape index (κ2) is 9.73. The lowest BCUT2D eigenvalue weighted by Crippen LogP contribution is -2.46. The van der Waals surface area contributed by atoms with Gasteiger partial charge >= 0.3 is 0 Å². The summed E-state index contributed by atoms with van der Waals surface area (Å²) in [5.74, 6) is -0.196. The molecule has 3 rings (SSSR count). The maximum absolute atomic E-state index is 12.5. The van der Waals surface area contributed by atoms with Crippen molar-refractivity contribution in [2.24, 2.45) is 0 Å². The highest BCUT2D eigenvalue weighted by Crippen LogP contribution is 2.16. The minimum absolute atomic E-state index is 0.196. The number of ether oxygens (including phenoxy) is 1. The molecule has 8 heteroatoms. The van der Waals surface area contributed by atoms with E-state index in [2.05, 4.69) is 9.80 Å². The van der Waals surface area contributed by atoms with Gasteiger partial charge in [0, 0.05) is 56.1 Å². The van der Waals surface area contributed by atoms with Crippen LogP contribution in [0.5, 0.6) is 5.75 Å². The van der Waals surface area contributed by atoms with E-state index in [0.717, 1.165) is 38.3 Å². The minimum atomic E-state index is -0.392. The Bertz CT molecular complexity index is 846. The van der Waals surface area contributed by atoms with Crippen molar-refractivity contribution in [1.29, 1.82) is 0 Å². The number of halogens is 1. The maximum atomic E-state index is 12.5. The molecule has 1 N–H and O–H groups in total. The lowest BCUT2D eigenvalue weighted by atomic mass is 10.2. The first-order chi connectivity index (χ1) is 13.6. The molecule has 0 atom stereocenters. The van der Waals surface area contributed by atoms with Gasteiger partial charge in [-0.05, 0) is 23.8 Å².